The molecule has 0 N–H and O–H groups in total. The zero-order chi connectivity index (χ0) is 13.9. The Kier molecular flexibility index (Phi) is 3.46. The van der Waals surface area contributed by atoms with Crippen LogP contribution in [0, 0.1) is 5.82 Å². The summed E-state index contributed by atoms with van der Waals surface area (Å²) in [6.07, 6.45) is 5.45. The van der Waals surface area contributed by atoms with Gasteiger partial charge in [-0.3, -0.25) is 9.78 Å². The van der Waals surface area contributed by atoms with Gasteiger partial charge in [-0.05, 0) is 48.7 Å². The van der Waals surface area contributed by atoms with E-state index in [1.807, 2.05) is 17.0 Å². The molecule has 0 spiro atoms. The fraction of sp³-hybridized carbons (Fsp3) is 0.250. The maximum atomic E-state index is 12.9. The smallest absolute Gasteiger partial charge is 0.254 e. The lowest BCUT2D eigenvalue weighted by Crippen LogP contribution is -2.30. The second-order valence-corrected chi connectivity index (χ2v) is 4.95. The Hall–Kier alpha value is -2.23. The first-order valence-corrected chi connectivity index (χ1v) is 6.72. The number of carbonyl (C=O) groups excluding carboxylic acids is 1. The molecule has 3 nitrogen and oxygen atoms in total. The highest BCUT2D eigenvalue weighted by Gasteiger charge is 2.30. The van der Waals surface area contributed by atoms with Crippen molar-refractivity contribution < 1.29 is 9.18 Å². The molecule has 0 radical (unpaired) electrons. The summed E-state index contributed by atoms with van der Waals surface area (Å²) in [5.74, 6) is -0.372. The van der Waals surface area contributed by atoms with Gasteiger partial charge >= 0.3 is 0 Å². The van der Waals surface area contributed by atoms with E-state index in [1.54, 1.807) is 12.4 Å². The van der Waals surface area contributed by atoms with Crippen molar-refractivity contribution >= 4 is 5.91 Å². The topological polar surface area (TPSA) is 33.2 Å². The minimum Gasteiger partial charge on any atom is -0.332 e. The fourth-order valence-electron chi connectivity index (χ4n) is 2.69. The summed E-state index contributed by atoms with van der Waals surface area (Å²) >= 11 is 0. The lowest BCUT2D eigenvalue weighted by Gasteiger charge is -2.25. The Morgan fingerprint density at radius 1 is 1.25 bits per heavy atom. The van der Waals surface area contributed by atoms with Crippen molar-refractivity contribution in [1.29, 1.82) is 0 Å². The van der Waals surface area contributed by atoms with Crippen molar-refractivity contribution in [2.75, 3.05) is 6.54 Å². The Morgan fingerprint density at radius 3 is 2.75 bits per heavy atom. The van der Waals surface area contributed by atoms with E-state index in [0.717, 1.165) is 24.9 Å². The van der Waals surface area contributed by atoms with Crippen molar-refractivity contribution in [2.45, 2.75) is 18.9 Å². The molecular weight excluding hydrogens is 255 g/mol. The van der Waals surface area contributed by atoms with E-state index in [4.69, 9.17) is 0 Å². The number of carbonyl (C=O) groups is 1. The van der Waals surface area contributed by atoms with Gasteiger partial charge in [0.25, 0.3) is 5.91 Å². The predicted molar refractivity (Wildman–Crippen MR) is 73.6 cm³/mol. The predicted octanol–water partition coefficient (Wildman–Crippen LogP) is 3.20. The Balaban J connectivity index is 1.85. The van der Waals surface area contributed by atoms with Gasteiger partial charge in [-0.1, -0.05) is 6.07 Å². The second kappa shape index (κ2) is 5.41. The first-order chi connectivity index (χ1) is 9.75. The molecule has 1 amide bonds. The number of aromatic nitrogens is 1. The number of pyridine rings is 1. The third-order valence-electron chi connectivity index (χ3n) is 3.67. The second-order valence-electron chi connectivity index (χ2n) is 4.95. The quantitative estimate of drug-likeness (QED) is 0.839. The molecule has 1 atom stereocenters. The van der Waals surface area contributed by atoms with E-state index < -0.39 is 0 Å². The van der Waals surface area contributed by atoms with Crippen molar-refractivity contribution in [3.8, 4) is 0 Å². The first-order valence-electron chi connectivity index (χ1n) is 6.72. The molecule has 1 aliphatic heterocycles. The summed E-state index contributed by atoms with van der Waals surface area (Å²) in [4.78, 5) is 18.5. The summed E-state index contributed by atoms with van der Waals surface area (Å²) in [5.41, 5.74) is 1.59. The molecule has 0 saturated carbocycles. The van der Waals surface area contributed by atoms with Crippen LogP contribution in [0.25, 0.3) is 0 Å². The van der Waals surface area contributed by atoms with E-state index in [0.29, 0.717) is 5.56 Å². The van der Waals surface area contributed by atoms with Gasteiger partial charge in [0.2, 0.25) is 0 Å². The zero-order valence-electron chi connectivity index (χ0n) is 11.0. The number of benzene rings is 1. The Labute approximate surface area is 117 Å². The van der Waals surface area contributed by atoms with Crippen LogP contribution in [0.4, 0.5) is 4.39 Å². The number of likely N-dealkylation sites (tertiary alicyclic amines) is 1. The lowest BCUT2D eigenvalue weighted by atomic mass is 10.1. The van der Waals surface area contributed by atoms with Crippen LogP contribution in [-0.2, 0) is 0 Å². The summed E-state index contributed by atoms with van der Waals surface area (Å²) in [6.45, 7) is 0.732. The molecular formula is C16H15FN2O. The van der Waals surface area contributed by atoms with Gasteiger partial charge in [0.05, 0.1) is 6.04 Å². The lowest BCUT2D eigenvalue weighted by molar-refractivity contribution is 0.0735. The summed E-state index contributed by atoms with van der Waals surface area (Å²) in [7, 11) is 0. The number of hydrogen-bond donors (Lipinski definition) is 0. The number of amides is 1. The molecule has 0 unspecified atom stereocenters. The van der Waals surface area contributed by atoms with Crippen LogP contribution in [0.2, 0.25) is 0 Å². The highest BCUT2D eigenvalue weighted by atomic mass is 19.1. The highest BCUT2D eigenvalue weighted by molar-refractivity contribution is 5.94. The van der Waals surface area contributed by atoms with Crippen LogP contribution in [0.3, 0.4) is 0 Å². The van der Waals surface area contributed by atoms with Crippen LogP contribution in [0.5, 0.6) is 0 Å². The SMILES string of the molecule is O=C(c1ccc(F)cc1)N1CCC[C@@H]1c1cccnc1. The Morgan fingerprint density at radius 2 is 2.05 bits per heavy atom. The van der Waals surface area contributed by atoms with Gasteiger partial charge in [0, 0.05) is 24.5 Å². The largest absolute Gasteiger partial charge is 0.332 e. The van der Waals surface area contributed by atoms with Crippen molar-refractivity contribution in [1.82, 2.24) is 9.88 Å². The van der Waals surface area contributed by atoms with Crippen molar-refractivity contribution in [3.63, 3.8) is 0 Å². The van der Waals surface area contributed by atoms with Crippen LogP contribution in [0.1, 0.15) is 34.8 Å². The van der Waals surface area contributed by atoms with E-state index in [-0.39, 0.29) is 17.8 Å². The summed E-state index contributed by atoms with van der Waals surface area (Å²) < 4.78 is 12.9. The highest BCUT2D eigenvalue weighted by Crippen LogP contribution is 2.32. The van der Waals surface area contributed by atoms with Crippen LogP contribution >= 0.6 is 0 Å². The zero-order valence-corrected chi connectivity index (χ0v) is 11.0. The third-order valence-corrected chi connectivity index (χ3v) is 3.67. The number of hydrogen-bond acceptors (Lipinski definition) is 2. The van der Waals surface area contributed by atoms with Gasteiger partial charge in [0.15, 0.2) is 0 Å². The van der Waals surface area contributed by atoms with E-state index in [9.17, 15) is 9.18 Å². The van der Waals surface area contributed by atoms with Crippen LogP contribution in [0.15, 0.2) is 48.8 Å². The molecule has 2 heterocycles. The summed E-state index contributed by atoms with van der Waals surface area (Å²) in [5, 5.41) is 0. The molecule has 1 saturated heterocycles. The molecule has 20 heavy (non-hydrogen) atoms. The van der Waals surface area contributed by atoms with Gasteiger partial charge in [0.1, 0.15) is 5.82 Å². The third kappa shape index (κ3) is 2.41. The standard InChI is InChI=1S/C16H15FN2O/c17-14-7-5-12(6-8-14)16(20)19-10-2-4-15(19)13-3-1-9-18-11-13/h1,3,5-9,11,15H,2,4,10H2/t15-/m1/s1. The average molecular weight is 270 g/mol. The number of nitrogens with zero attached hydrogens (tertiary/aromatic N) is 2. The minimum absolute atomic E-state index is 0.0450. The van der Waals surface area contributed by atoms with Gasteiger partial charge < -0.3 is 4.90 Å². The van der Waals surface area contributed by atoms with Crippen LogP contribution in [-0.4, -0.2) is 22.3 Å². The molecule has 1 aromatic heterocycles. The molecule has 2 aromatic rings. The minimum atomic E-state index is -0.327. The van der Waals surface area contributed by atoms with E-state index in [1.165, 1.54) is 24.3 Å². The van der Waals surface area contributed by atoms with E-state index in [2.05, 4.69) is 4.98 Å². The van der Waals surface area contributed by atoms with Crippen molar-refractivity contribution in [2.24, 2.45) is 0 Å². The number of halogens is 1. The van der Waals surface area contributed by atoms with Gasteiger partial charge in [-0.2, -0.15) is 0 Å². The average Bonchev–Trinajstić information content (AvgIpc) is 2.97. The molecule has 1 aromatic carbocycles. The maximum Gasteiger partial charge on any atom is 0.254 e. The fourth-order valence-corrected chi connectivity index (χ4v) is 2.69. The summed E-state index contributed by atoms with van der Waals surface area (Å²) in [6, 6.07) is 9.67. The first kappa shape index (κ1) is 12.8. The van der Waals surface area contributed by atoms with Gasteiger partial charge in [-0.15, -0.1) is 0 Å². The molecule has 1 fully saturated rings. The van der Waals surface area contributed by atoms with Gasteiger partial charge in [-0.25, -0.2) is 4.39 Å². The molecule has 3 rings (SSSR count). The molecule has 4 heteroatoms. The normalized spacial score (nSPS) is 18.2. The van der Waals surface area contributed by atoms with Crippen molar-refractivity contribution in [3.05, 3.63) is 65.7 Å². The molecule has 0 bridgehead atoms. The molecule has 1 aliphatic rings. The monoisotopic (exact) mass is 270 g/mol. The molecule has 0 aliphatic carbocycles. The Bertz CT molecular complexity index is 598. The maximum absolute atomic E-state index is 12.9. The number of rotatable bonds is 2. The van der Waals surface area contributed by atoms with E-state index >= 15 is 0 Å². The molecule has 102 valence electrons. The van der Waals surface area contributed by atoms with Crippen LogP contribution < -0.4 is 0 Å².